The number of rotatable bonds is 6. The predicted octanol–water partition coefficient (Wildman–Crippen LogP) is 2.88. The number of nitrogens with zero attached hydrogens (tertiary/aromatic N) is 5. The molecule has 3 heterocycles. The number of hydrogen-bond donors (Lipinski definition) is 1. The normalized spacial score (nSPS) is 14.0. The molecule has 0 aliphatic carbocycles. The first-order chi connectivity index (χ1) is 14.2. The summed E-state index contributed by atoms with van der Waals surface area (Å²) in [6, 6.07) is 11.1. The van der Waals surface area contributed by atoms with Crippen LogP contribution < -0.4 is 10.2 Å². The molecule has 10 heteroatoms. The number of aromatic nitrogens is 4. The van der Waals surface area contributed by atoms with Crippen molar-refractivity contribution in [1.82, 2.24) is 19.7 Å². The van der Waals surface area contributed by atoms with Crippen LogP contribution in [0.3, 0.4) is 0 Å². The first-order valence-corrected chi connectivity index (χ1v) is 10.4. The zero-order valence-electron chi connectivity index (χ0n) is 15.5. The van der Waals surface area contributed by atoms with E-state index >= 15 is 0 Å². The van der Waals surface area contributed by atoms with Crippen LogP contribution in [0.5, 0.6) is 0 Å². The summed E-state index contributed by atoms with van der Waals surface area (Å²) in [5.74, 6) is 0.941. The van der Waals surface area contributed by atoms with E-state index in [0.29, 0.717) is 29.1 Å². The Hall–Kier alpha value is -2.62. The van der Waals surface area contributed by atoms with E-state index in [1.165, 1.54) is 11.8 Å². The Balaban J connectivity index is 1.33. The second-order valence-electron chi connectivity index (χ2n) is 6.30. The third kappa shape index (κ3) is 5.06. The highest BCUT2D eigenvalue weighted by Crippen LogP contribution is 2.22. The second-order valence-corrected chi connectivity index (χ2v) is 7.68. The zero-order chi connectivity index (χ0) is 20.1. The minimum atomic E-state index is -0.142. The Bertz CT molecular complexity index is 975. The van der Waals surface area contributed by atoms with Gasteiger partial charge in [0.1, 0.15) is 12.1 Å². The number of halogens is 1. The molecule has 1 saturated heterocycles. The van der Waals surface area contributed by atoms with E-state index in [1.807, 2.05) is 30.3 Å². The van der Waals surface area contributed by atoms with Crippen molar-refractivity contribution in [3.8, 4) is 5.69 Å². The molecule has 0 bridgehead atoms. The van der Waals surface area contributed by atoms with Crippen molar-refractivity contribution < 1.29 is 9.53 Å². The van der Waals surface area contributed by atoms with Gasteiger partial charge in [0.05, 0.1) is 36.5 Å². The lowest BCUT2D eigenvalue weighted by atomic mass is 10.3. The molecular formula is C19H19ClN6O2S. The smallest absolute Gasteiger partial charge is 0.234 e. The van der Waals surface area contributed by atoms with Crippen molar-refractivity contribution in [2.75, 3.05) is 42.3 Å². The van der Waals surface area contributed by atoms with Crippen molar-refractivity contribution in [3.05, 3.63) is 53.9 Å². The van der Waals surface area contributed by atoms with Crippen molar-refractivity contribution >= 4 is 40.8 Å². The molecule has 2 aromatic heterocycles. The molecule has 1 fully saturated rings. The highest BCUT2D eigenvalue weighted by molar-refractivity contribution is 7.99. The SMILES string of the molecule is O=C(CSc1nncn1-c1cccc(Cl)c1)Nc1ccc(N2CCOCC2)nc1. The number of pyridine rings is 1. The minimum absolute atomic E-state index is 0.142. The summed E-state index contributed by atoms with van der Waals surface area (Å²) in [6.45, 7) is 3.06. The molecule has 1 aliphatic rings. The molecule has 0 unspecified atom stereocenters. The Labute approximate surface area is 177 Å². The Kier molecular flexibility index (Phi) is 6.28. The molecule has 4 rings (SSSR count). The fourth-order valence-corrected chi connectivity index (χ4v) is 3.81. The molecule has 1 aromatic carbocycles. The summed E-state index contributed by atoms with van der Waals surface area (Å²) in [7, 11) is 0. The number of morpholine rings is 1. The average molecular weight is 431 g/mol. The maximum atomic E-state index is 12.3. The number of carbonyl (C=O) groups excluding carboxylic acids is 1. The van der Waals surface area contributed by atoms with Gasteiger partial charge in [0.25, 0.3) is 0 Å². The molecule has 0 spiro atoms. The van der Waals surface area contributed by atoms with Crippen molar-refractivity contribution in [2.24, 2.45) is 0 Å². The highest BCUT2D eigenvalue weighted by atomic mass is 35.5. The molecule has 1 N–H and O–H groups in total. The van der Waals surface area contributed by atoms with E-state index in [0.717, 1.165) is 24.6 Å². The Morgan fingerprint density at radius 3 is 2.86 bits per heavy atom. The number of nitrogens with one attached hydrogen (secondary N) is 1. The number of ether oxygens (including phenoxy) is 1. The number of anilines is 2. The largest absolute Gasteiger partial charge is 0.378 e. The van der Waals surface area contributed by atoms with E-state index < -0.39 is 0 Å². The van der Waals surface area contributed by atoms with Gasteiger partial charge >= 0.3 is 0 Å². The Morgan fingerprint density at radius 1 is 1.24 bits per heavy atom. The lowest BCUT2D eigenvalue weighted by Crippen LogP contribution is -2.36. The standard InChI is InChI=1S/C19H19ClN6O2S/c20-14-2-1-3-16(10-14)26-13-22-24-19(26)29-12-18(27)23-15-4-5-17(21-11-15)25-6-8-28-9-7-25/h1-5,10-11,13H,6-9,12H2,(H,23,27). The van der Waals surface area contributed by atoms with Gasteiger partial charge in [-0.15, -0.1) is 10.2 Å². The van der Waals surface area contributed by atoms with E-state index in [9.17, 15) is 4.79 Å². The molecule has 29 heavy (non-hydrogen) atoms. The number of hydrogen-bond acceptors (Lipinski definition) is 7. The molecule has 0 radical (unpaired) electrons. The van der Waals surface area contributed by atoms with Gasteiger partial charge in [0, 0.05) is 18.1 Å². The quantitative estimate of drug-likeness (QED) is 0.602. The van der Waals surface area contributed by atoms with Gasteiger partial charge in [-0.25, -0.2) is 4.98 Å². The number of carbonyl (C=O) groups is 1. The molecular weight excluding hydrogens is 412 g/mol. The van der Waals surface area contributed by atoms with Gasteiger partial charge in [-0.1, -0.05) is 29.4 Å². The Morgan fingerprint density at radius 2 is 2.10 bits per heavy atom. The fraction of sp³-hybridized carbons (Fsp3) is 0.263. The van der Waals surface area contributed by atoms with E-state index in [2.05, 4.69) is 25.4 Å². The number of amides is 1. The molecule has 1 amide bonds. The first kappa shape index (κ1) is 19.7. The summed E-state index contributed by atoms with van der Waals surface area (Å²) in [4.78, 5) is 18.9. The third-order valence-corrected chi connectivity index (χ3v) is 5.48. The maximum absolute atomic E-state index is 12.3. The molecule has 150 valence electrons. The summed E-state index contributed by atoms with van der Waals surface area (Å²) in [6.07, 6.45) is 3.27. The van der Waals surface area contributed by atoms with Gasteiger partial charge in [-0.2, -0.15) is 0 Å². The first-order valence-electron chi connectivity index (χ1n) is 9.06. The summed E-state index contributed by atoms with van der Waals surface area (Å²) in [5, 5.41) is 12.1. The van der Waals surface area contributed by atoms with Gasteiger partial charge in [0.2, 0.25) is 5.91 Å². The molecule has 0 saturated carbocycles. The molecule has 3 aromatic rings. The van der Waals surface area contributed by atoms with Crippen LogP contribution in [0.1, 0.15) is 0 Å². The van der Waals surface area contributed by atoms with E-state index in [4.69, 9.17) is 16.3 Å². The third-order valence-electron chi connectivity index (χ3n) is 4.30. The van der Waals surface area contributed by atoms with Crippen LogP contribution in [-0.4, -0.2) is 57.7 Å². The number of benzene rings is 1. The molecule has 8 nitrogen and oxygen atoms in total. The van der Waals surface area contributed by atoms with Crippen molar-refractivity contribution in [3.63, 3.8) is 0 Å². The van der Waals surface area contributed by atoms with E-state index in [1.54, 1.807) is 23.2 Å². The summed E-state index contributed by atoms with van der Waals surface area (Å²) in [5.41, 5.74) is 1.50. The van der Waals surface area contributed by atoms with Crippen LogP contribution in [0.25, 0.3) is 5.69 Å². The van der Waals surface area contributed by atoms with Crippen molar-refractivity contribution in [1.29, 1.82) is 0 Å². The average Bonchev–Trinajstić information content (AvgIpc) is 3.22. The van der Waals surface area contributed by atoms with Crippen LogP contribution in [0.2, 0.25) is 5.02 Å². The van der Waals surface area contributed by atoms with Crippen LogP contribution in [0, 0.1) is 0 Å². The lowest BCUT2D eigenvalue weighted by Gasteiger charge is -2.27. The van der Waals surface area contributed by atoms with Crippen molar-refractivity contribution in [2.45, 2.75) is 5.16 Å². The van der Waals surface area contributed by atoms with Crippen LogP contribution in [0.15, 0.2) is 54.1 Å². The minimum Gasteiger partial charge on any atom is -0.378 e. The van der Waals surface area contributed by atoms with Gasteiger partial charge < -0.3 is 15.0 Å². The monoisotopic (exact) mass is 430 g/mol. The fourth-order valence-electron chi connectivity index (χ4n) is 2.89. The second kappa shape index (κ2) is 9.25. The zero-order valence-corrected chi connectivity index (χ0v) is 17.1. The van der Waals surface area contributed by atoms with Gasteiger partial charge in [-0.05, 0) is 30.3 Å². The van der Waals surface area contributed by atoms with Crippen LogP contribution >= 0.6 is 23.4 Å². The van der Waals surface area contributed by atoms with Gasteiger partial charge in [-0.3, -0.25) is 9.36 Å². The number of thioether (sulfide) groups is 1. The highest BCUT2D eigenvalue weighted by Gasteiger charge is 2.13. The topological polar surface area (TPSA) is 85.2 Å². The van der Waals surface area contributed by atoms with Crippen LogP contribution in [0.4, 0.5) is 11.5 Å². The summed E-state index contributed by atoms with van der Waals surface area (Å²) >= 11 is 7.35. The lowest BCUT2D eigenvalue weighted by molar-refractivity contribution is -0.113. The predicted molar refractivity (Wildman–Crippen MR) is 113 cm³/mol. The summed E-state index contributed by atoms with van der Waals surface area (Å²) < 4.78 is 7.15. The van der Waals surface area contributed by atoms with E-state index in [-0.39, 0.29) is 11.7 Å². The van der Waals surface area contributed by atoms with Gasteiger partial charge in [0.15, 0.2) is 5.16 Å². The van der Waals surface area contributed by atoms with Crippen LogP contribution in [-0.2, 0) is 9.53 Å². The molecule has 1 aliphatic heterocycles. The maximum Gasteiger partial charge on any atom is 0.234 e. The molecule has 0 atom stereocenters.